The minimum atomic E-state index is -4.04. The number of rotatable bonds is 7. The maximum atomic E-state index is 12.1. The molecule has 0 aromatic rings. The van der Waals surface area contributed by atoms with Crippen molar-refractivity contribution >= 4 is 22.0 Å². The summed E-state index contributed by atoms with van der Waals surface area (Å²) in [5, 5.41) is 7.33. The third kappa shape index (κ3) is 3.95. The van der Waals surface area contributed by atoms with Crippen molar-refractivity contribution in [1.29, 1.82) is 0 Å². The van der Waals surface area contributed by atoms with Gasteiger partial charge in [-0.05, 0) is 20.3 Å². The first-order chi connectivity index (χ1) is 8.18. The summed E-state index contributed by atoms with van der Waals surface area (Å²) in [7, 11) is -2.96. The first-order valence-corrected chi connectivity index (χ1v) is 6.99. The van der Waals surface area contributed by atoms with Crippen molar-refractivity contribution in [3.63, 3.8) is 0 Å². The zero-order valence-corrected chi connectivity index (χ0v) is 11.7. The van der Waals surface area contributed by atoms with Gasteiger partial charge in [0.2, 0.25) is 10.0 Å². The number of esters is 1. The number of aliphatic carboxylic acids is 1. The molecule has 0 spiro atoms. The van der Waals surface area contributed by atoms with Crippen LogP contribution in [0.25, 0.3) is 0 Å². The number of sulfonamides is 1. The predicted octanol–water partition coefficient (Wildman–Crippen LogP) is 0.0628. The number of hydrogen-bond donors (Lipinski definition) is 1. The molecule has 7 nitrogen and oxygen atoms in total. The lowest BCUT2D eigenvalue weighted by molar-refractivity contribution is -0.140. The van der Waals surface area contributed by atoms with Crippen LogP contribution in [0.2, 0.25) is 0 Å². The molecule has 0 bridgehead atoms. The molecule has 8 heteroatoms. The first-order valence-electron chi connectivity index (χ1n) is 5.48. The second-order valence-electron chi connectivity index (χ2n) is 3.91. The molecule has 0 fully saturated rings. The lowest BCUT2D eigenvalue weighted by Crippen LogP contribution is -2.47. The topological polar surface area (TPSA) is 101 Å². The molecule has 0 aliphatic rings. The summed E-state index contributed by atoms with van der Waals surface area (Å²) in [5.41, 5.74) is 0. The van der Waals surface area contributed by atoms with E-state index in [2.05, 4.69) is 4.74 Å². The Bertz CT molecular complexity index is 405. The van der Waals surface area contributed by atoms with Crippen molar-refractivity contribution in [1.82, 2.24) is 4.31 Å². The average Bonchev–Trinajstić information content (AvgIpc) is 2.32. The highest BCUT2D eigenvalue weighted by Gasteiger charge is 2.37. The van der Waals surface area contributed by atoms with Crippen molar-refractivity contribution in [2.45, 2.75) is 38.5 Å². The SMILES string of the molecule is CCC(C)N(CC(=O)O)S(=O)(=O)C(C)C(=O)OC. The van der Waals surface area contributed by atoms with Crippen LogP contribution in [0.5, 0.6) is 0 Å². The van der Waals surface area contributed by atoms with Gasteiger partial charge in [-0.2, -0.15) is 4.31 Å². The molecule has 0 aromatic heterocycles. The second-order valence-corrected chi connectivity index (χ2v) is 6.11. The van der Waals surface area contributed by atoms with E-state index in [0.29, 0.717) is 6.42 Å². The Kier molecular flexibility index (Phi) is 6.27. The van der Waals surface area contributed by atoms with Gasteiger partial charge >= 0.3 is 11.9 Å². The van der Waals surface area contributed by atoms with Crippen LogP contribution >= 0.6 is 0 Å². The molecule has 18 heavy (non-hydrogen) atoms. The Morgan fingerprint density at radius 3 is 2.17 bits per heavy atom. The Labute approximate surface area is 107 Å². The van der Waals surface area contributed by atoms with E-state index >= 15 is 0 Å². The highest BCUT2D eigenvalue weighted by Crippen LogP contribution is 2.16. The molecule has 1 N–H and O–H groups in total. The van der Waals surface area contributed by atoms with Crippen LogP contribution in [0.4, 0.5) is 0 Å². The van der Waals surface area contributed by atoms with Gasteiger partial charge in [-0.15, -0.1) is 0 Å². The summed E-state index contributed by atoms with van der Waals surface area (Å²) < 4.78 is 29.4. The number of ether oxygens (including phenoxy) is 1. The van der Waals surface area contributed by atoms with Gasteiger partial charge in [-0.1, -0.05) is 6.92 Å². The molecule has 0 radical (unpaired) electrons. The molecular formula is C10H19NO6S. The molecule has 0 aromatic carbocycles. The third-order valence-corrected chi connectivity index (χ3v) is 4.91. The van der Waals surface area contributed by atoms with Crippen molar-refractivity contribution in [2.75, 3.05) is 13.7 Å². The molecule has 106 valence electrons. The fourth-order valence-corrected chi connectivity index (χ4v) is 3.01. The van der Waals surface area contributed by atoms with E-state index in [4.69, 9.17) is 5.11 Å². The number of carbonyl (C=O) groups is 2. The molecule has 2 unspecified atom stereocenters. The molecule has 0 heterocycles. The number of carboxylic acid groups (broad SMARTS) is 1. The zero-order chi connectivity index (χ0) is 14.5. The van der Waals surface area contributed by atoms with E-state index in [1.807, 2.05) is 0 Å². The molecule has 0 aliphatic heterocycles. The number of methoxy groups -OCH3 is 1. The maximum Gasteiger partial charge on any atom is 0.325 e. The van der Waals surface area contributed by atoms with Crippen LogP contribution in [0.1, 0.15) is 27.2 Å². The fourth-order valence-electron chi connectivity index (χ4n) is 1.32. The molecular weight excluding hydrogens is 262 g/mol. The number of carbonyl (C=O) groups excluding carboxylic acids is 1. The lowest BCUT2D eigenvalue weighted by Gasteiger charge is -2.28. The van der Waals surface area contributed by atoms with Crippen molar-refractivity contribution in [2.24, 2.45) is 0 Å². The van der Waals surface area contributed by atoms with E-state index in [1.54, 1.807) is 13.8 Å². The van der Waals surface area contributed by atoms with E-state index in [0.717, 1.165) is 11.4 Å². The van der Waals surface area contributed by atoms with Crippen LogP contribution in [0, 0.1) is 0 Å². The van der Waals surface area contributed by atoms with E-state index in [9.17, 15) is 18.0 Å². The largest absolute Gasteiger partial charge is 0.480 e. The number of nitrogens with zero attached hydrogens (tertiary/aromatic N) is 1. The van der Waals surface area contributed by atoms with Crippen LogP contribution < -0.4 is 0 Å². The van der Waals surface area contributed by atoms with Crippen LogP contribution in [0.15, 0.2) is 0 Å². The lowest BCUT2D eigenvalue weighted by atomic mass is 10.2. The second kappa shape index (κ2) is 6.69. The standard InChI is InChI=1S/C10H19NO6S/c1-5-7(2)11(6-9(12)13)18(15,16)8(3)10(14)17-4/h7-8H,5-6H2,1-4H3,(H,12,13). The molecule has 0 aliphatic carbocycles. The molecule has 0 rings (SSSR count). The van der Waals surface area contributed by atoms with E-state index in [1.165, 1.54) is 6.92 Å². The van der Waals surface area contributed by atoms with Gasteiger partial charge in [-0.25, -0.2) is 8.42 Å². The molecule has 0 amide bonds. The summed E-state index contributed by atoms with van der Waals surface area (Å²) in [6, 6.07) is -0.502. The van der Waals surface area contributed by atoms with Gasteiger partial charge in [0.25, 0.3) is 0 Å². The Morgan fingerprint density at radius 1 is 1.33 bits per heavy atom. The van der Waals surface area contributed by atoms with Crippen molar-refractivity contribution < 1.29 is 27.9 Å². The smallest absolute Gasteiger partial charge is 0.325 e. The van der Waals surface area contributed by atoms with Crippen molar-refractivity contribution in [3.05, 3.63) is 0 Å². The van der Waals surface area contributed by atoms with Gasteiger partial charge in [0.15, 0.2) is 5.25 Å². The molecule has 0 saturated carbocycles. The summed E-state index contributed by atoms with van der Waals surface area (Å²) in [6.45, 7) is 3.83. The minimum Gasteiger partial charge on any atom is -0.480 e. The quantitative estimate of drug-likeness (QED) is 0.662. The van der Waals surface area contributed by atoms with Gasteiger partial charge in [0, 0.05) is 6.04 Å². The Morgan fingerprint density at radius 2 is 1.83 bits per heavy atom. The number of hydrogen-bond acceptors (Lipinski definition) is 5. The van der Waals surface area contributed by atoms with Crippen LogP contribution in [0.3, 0.4) is 0 Å². The third-order valence-electron chi connectivity index (χ3n) is 2.68. The summed E-state index contributed by atoms with van der Waals surface area (Å²) in [6.07, 6.45) is 0.445. The summed E-state index contributed by atoms with van der Waals surface area (Å²) >= 11 is 0. The predicted molar refractivity (Wildman–Crippen MR) is 64.5 cm³/mol. The normalized spacial score (nSPS) is 15.2. The van der Waals surface area contributed by atoms with E-state index < -0.39 is 39.8 Å². The van der Waals surface area contributed by atoms with Gasteiger partial charge < -0.3 is 9.84 Å². The minimum absolute atomic E-state index is 0.445. The van der Waals surface area contributed by atoms with Crippen LogP contribution in [-0.4, -0.2) is 54.7 Å². The Hall–Kier alpha value is -1.15. The Balaban J connectivity index is 5.32. The highest BCUT2D eigenvalue weighted by molar-refractivity contribution is 7.90. The number of carboxylic acids is 1. The molecule has 0 saturated heterocycles. The maximum absolute atomic E-state index is 12.1. The summed E-state index contributed by atoms with van der Waals surface area (Å²) in [4.78, 5) is 22.0. The monoisotopic (exact) mass is 281 g/mol. The van der Waals surface area contributed by atoms with Gasteiger partial charge in [-0.3, -0.25) is 9.59 Å². The summed E-state index contributed by atoms with van der Waals surface area (Å²) in [5.74, 6) is -2.18. The van der Waals surface area contributed by atoms with E-state index in [-0.39, 0.29) is 0 Å². The molecule has 2 atom stereocenters. The van der Waals surface area contributed by atoms with Crippen molar-refractivity contribution in [3.8, 4) is 0 Å². The zero-order valence-electron chi connectivity index (χ0n) is 10.9. The average molecular weight is 281 g/mol. The first kappa shape index (κ1) is 16.9. The van der Waals surface area contributed by atoms with Gasteiger partial charge in [0.1, 0.15) is 6.54 Å². The van der Waals surface area contributed by atoms with Crippen LogP contribution in [-0.2, 0) is 24.3 Å². The fraction of sp³-hybridized carbons (Fsp3) is 0.800. The van der Waals surface area contributed by atoms with Gasteiger partial charge in [0.05, 0.1) is 7.11 Å². The highest BCUT2D eigenvalue weighted by atomic mass is 32.2.